The molecule has 0 aliphatic carbocycles. The molecule has 3 aliphatic heterocycles. The van der Waals surface area contributed by atoms with Crippen LogP contribution in [-0.4, -0.2) is 145 Å². The molecule has 0 radical (unpaired) electrons. The van der Waals surface area contributed by atoms with E-state index < -0.39 is 82.2 Å². The number of carbonyl (C=O) groups excluding carboxylic acids is 2. The van der Waals surface area contributed by atoms with Crippen LogP contribution in [0.5, 0.6) is 17.2 Å². The predicted octanol–water partition coefficient (Wildman–Crippen LogP) is 0.613. The highest BCUT2D eigenvalue weighted by atomic mass is 32.3. The number of aryl methyl sites for hydroxylation is 1. The van der Waals surface area contributed by atoms with Crippen LogP contribution in [-0.2, 0) is 64.1 Å². The minimum absolute atomic E-state index is 0.0283. The lowest BCUT2D eigenvalue weighted by atomic mass is 9.86. The van der Waals surface area contributed by atoms with Gasteiger partial charge in [-0.1, -0.05) is 19.0 Å². The van der Waals surface area contributed by atoms with Gasteiger partial charge in [0, 0.05) is 40.1 Å². The van der Waals surface area contributed by atoms with Crippen molar-refractivity contribution >= 4 is 33.2 Å². The Morgan fingerprint density at radius 2 is 1.69 bits per heavy atom. The Hall–Kier alpha value is -5.96. The molecule has 24 nitrogen and oxygen atoms in total. The van der Waals surface area contributed by atoms with Gasteiger partial charge in [-0.15, -0.1) is 8.42 Å². The third kappa shape index (κ3) is 10.5. The van der Waals surface area contributed by atoms with Gasteiger partial charge in [0.25, 0.3) is 11.5 Å². The number of benzene rings is 2. The first-order chi connectivity index (χ1) is 32.6. The van der Waals surface area contributed by atoms with Crippen LogP contribution in [0.15, 0.2) is 52.4 Å². The predicted molar refractivity (Wildman–Crippen MR) is 234 cm³/mol. The van der Waals surface area contributed by atoms with E-state index in [1.165, 1.54) is 28.8 Å². The van der Waals surface area contributed by atoms with Crippen LogP contribution in [0.1, 0.15) is 52.9 Å². The number of carbonyl (C=O) groups is 2. The van der Waals surface area contributed by atoms with Gasteiger partial charge in [0.2, 0.25) is 6.29 Å². The molecular weight excluding hydrogens is 921 g/mol. The number of esters is 1. The Balaban J connectivity index is 1.08. The highest BCUT2D eigenvalue weighted by Gasteiger charge is 2.47. The van der Waals surface area contributed by atoms with Gasteiger partial charge in [-0.25, -0.2) is 9.78 Å². The van der Waals surface area contributed by atoms with Crippen LogP contribution in [0.3, 0.4) is 0 Å². The fraction of sp³-hybridized carbons (Fsp3) is 0.488. The standard InChI is InChI=1S/C43H50N6O18S/c1-3-25-26-18-24(6-7-30(26)47-35-27(25)20-49-31(35)19-29-28(40(49)55)22-63-42(56)43(29,57)4-2)66-68(58,59)67-33-17-23(5-8-32(33)64-41-38(53)37(52)36(51)34(21-50)65-41)39(54)45-9-11-60-13-15-62-16-14-61-12-10-46-48-44/h5-8,17-19,34,36-38,41,50-53,57H,3-4,9-16,20-22H2,1-2H3,(H,45,54)/t34-,36+,37+,38-,41-,43+/m1/s1. The average molecular weight is 971 g/mol. The van der Waals surface area contributed by atoms with Gasteiger partial charge in [-0.3, -0.25) is 9.59 Å². The monoisotopic (exact) mass is 970 g/mol. The van der Waals surface area contributed by atoms with E-state index in [1.807, 2.05) is 6.92 Å². The number of amides is 1. The van der Waals surface area contributed by atoms with Crippen molar-refractivity contribution in [2.45, 2.75) is 76.1 Å². The van der Waals surface area contributed by atoms with Crippen LogP contribution in [0, 0.1) is 0 Å². The molecule has 0 unspecified atom stereocenters. The van der Waals surface area contributed by atoms with Gasteiger partial charge in [0.1, 0.15) is 36.8 Å². The highest BCUT2D eigenvalue weighted by molar-refractivity contribution is 7.82. The van der Waals surface area contributed by atoms with Crippen molar-refractivity contribution in [3.05, 3.63) is 91.1 Å². The van der Waals surface area contributed by atoms with Crippen molar-refractivity contribution < 1.29 is 80.3 Å². The van der Waals surface area contributed by atoms with Crippen molar-refractivity contribution in [2.24, 2.45) is 5.11 Å². The minimum Gasteiger partial charge on any atom is -0.458 e. The minimum atomic E-state index is -5.09. The number of rotatable bonds is 22. The number of cyclic esters (lactones) is 1. The van der Waals surface area contributed by atoms with Crippen LogP contribution in [0.2, 0.25) is 0 Å². The van der Waals surface area contributed by atoms with Gasteiger partial charge < -0.3 is 72.2 Å². The summed E-state index contributed by atoms with van der Waals surface area (Å²) in [7, 11) is -5.09. The fourth-order valence-electron chi connectivity index (χ4n) is 7.97. The first-order valence-electron chi connectivity index (χ1n) is 21.5. The van der Waals surface area contributed by atoms with Crippen LogP contribution in [0.4, 0.5) is 0 Å². The molecule has 6 atom stereocenters. The van der Waals surface area contributed by atoms with E-state index in [9.17, 15) is 48.3 Å². The van der Waals surface area contributed by atoms with Crippen molar-refractivity contribution in [2.75, 3.05) is 59.3 Å². The lowest BCUT2D eigenvalue weighted by Crippen LogP contribution is -2.60. The second-order valence-corrected chi connectivity index (χ2v) is 16.8. The topological polar surface area (TPSA) is 339 Å². The van der Waals surface area contributed by atoms with Gasteiger partial charge in [0.05, 0.1) is 75.3 Å². The summed E-state index contributed by atoms with van der Waals surface area (Å²) in [6.45, 7) is 4.11. The molecule has 0 spiro atoms. The number of azide groups is 1. The molecule has 2 aromatic carbocycles. The average Bonchev–Trinajstić information content (AvgIpc) is 3.69. The van der Waals surface area contributed by atoms with Crippen LogP contribution >= 0.6 is 0 Å². The molecule has 366 valence electrons. The Kier molecular flexibility index (Phi) is 15.8. The van der Waals surface area contributed by atoms with Gasteiger partial charge in [-0.2, -0.15) is 0 Å². The molecule has 2 aromatic heterocycles. The summed E-state index contributed by atoms with van der Waals surface area (Å²) in [5, 5.41) is 58.7. The molecule has 1 amide bonds. The summed E-state index contributed by atoms with van der Waals surface area (Å²) < 4.78 is 72.1. The number of aromatic nitrogens is 2. The van der Waals surface area contributed by atoms with E-state index in [1.54, 1.807) is 13.0 Å². The molecule has 5 heterocycles. The number of hydrogen-bond donors (Lipinski definition) is 6. The molecular formula is C43H50N6O18S. The van der Waals surface area contributed by atoms with E-state index in [2.05, 4.69) is 15.3 Å². The quantitative estimate of drug-likeness (QED) is 0.0182. The third-order valence-electron chi connectivity index (χ3n) is 11.5. The molecule has 0 saturated carbocycles. The summed E-state index contributed by atoms with van der Waals surface area (Å²) in [6, 6.07) is 9.24. The number of pyridine rings is 2. The molecule has 6 N–H and O–H groups in total. The Morgan fingerprint density at radius 1 is 0.956 bits per heavy atom. The Labute approximate surface area is 387 Å². The zero-order valence-electron chi connectivity index (χ0n) is 36.8. The van der Waals surface area contributed by atoms with E-state index in [-0.39, 0.29) is 88.1 Å². The first kappa shape index (κ1) is 49.9. The van der Waals surface area contributed by atoms with Crippen molar-refractivity contribution in [3.63, 3.8) is 0 Å². The Morgan fingerprint density at radius 3 is 2.40 bits per heavy atom. The molecule has 4 aromatic rings. The van der Waals surface area contributed by atoms with Crippen molar-refractivity contribution in [1.82, 2.24) is 14.9 Å². The third-order valence-corrected chi connectivity index (χ3v) is 12.3. The zero-order chi connectivity index (χ0) is 48.8. The molecule has 3 aliphatic rings. The van der Waals surface area contributed by atoms with E-state index in [0.717, 1.165) is 12.1 Å². The fourth-order valence-corrected chi connectivity index (χ4v) is 8.70. The lowest BCUT2D eigenvalue weighted by molar-refractivity contribution is -0.277. The number of ether oxygens (including phenoxy) is 6. The highest BCUT2D eigenvalue weighted by Crippen LogP contribution is 2.41. The number of hydrogen-bond acceptors (Lipinski definition) is 20. The molecule has 25 heteroatoms. The number of fused-ring (bicyclic) bond motifs is 5. The second-order valence-electron chi connectivity index (χ2n) is 15.7. The number of aliphatic hydroxyl groups excluding tert-OH is 4. The van der Waals surface area contributed by atoms with Gasteiger partial charge >= 0.3 is 16.4 Å². The summed E-state index contributed by atoms with van der Waals surface area (Å²) >= 11 is 0. The van der Waals surface area contributed by atoms with Crippen molar-refractivity contribution in [1.29, 1.82) is 0 Å². The van der Waals surface area contributed by atoms with Gasteiger partial charge in [-0.05, 0) is 66.4 Å². The summed E-state index contributed by atoms with van der Waals surface area (Å²) in [5.41, 5.74) is 8.63. The molecule has 7 rings (SSSR count). The largest absolute Gasteiger partial charge is 0.501 e. The smallest absolute Gasteiger partial charge is 0.458 e. The van der Waals surface area contributed by atoms with E-state index in [0.29, 0.717) is 46.4 Å². The summed E-state index contributed by atoms with van der Waals surface area (Å²) in [5.74, 6) is -2.78. The maximum Gasteiger partial charge on any atom is 0.501 e. The second kappa shape index (κ2) is 21.6. The maximum absolute atomic E-state index is 13.8. The number of nitrogens with one attached hydrogen (secondary N) is 1. The van der Waals surface area contributed by atoms with E-state index in [4.69, 9.17) is 47.3 Å². The summed E-state index contributed by atoms with van der Waals surface area (Å²) in [6.07, 6.45) is -8.21. The van der Waals surface area contributed by atoms with Crippen molar-refractivity contribution in [3.8, 4) is 28.6 Å². The lowest BCUT2D eigenvalue weighted by Gasteiger charge is -2.39. The molecule has 0 bridgehead atoms. The maximum atomic E-state index is 13.8. The normalized spacial score (nSPS) is 21.8. The molecule has 1 saturated heterocycles. The molecule has 1 fully saturated rings. The summed E-state index contributed by atoms with van der Waals surface area (Å²) in [4.78, 5) is 47.1. The van der Waals surface area contributed by atoms with E-state index >= 15 is 0 Å². The number of aliphatic hydroxyl groups is 5. The first-order valence-corrected chi connectivity index (χ1v) is 22.9. The zero-order valence-corrected chi connectivity index (χ0v) is 37.6. The van der Waals surface area contributed by atoms with Crippen LogP contribution < -0.4 is 24.0 Å². The Bertz CT molecular complexity index is 2750. The SMILES string of the molecule is CCc1c2c(nc3ccc(OS(=O)(=O)Oc4cc(C(=O)NCCOCCOCCOCCN=[N+]=[N-])ccc4O[C@@H]4O[C@H](CO)[C@H](O)[C@H](O)[C@H]4O)cc13)-c1cc3c(c(=O)n1C2)COC(=O)[C@]3(O)CC. The molecule has 68 heavy (non-hydrogen) atoms. The van der Waals surface area contributed by atoms with Gasteiger partial charge in [0.15, 0.2) is 17.1 Å². The number of nitrogens with zero attached hydrogens (tertiary/aromatic N) is 5. The van der Waals surface area contributed by atoms with Crippen LogP contribution in [0.25, 0.3) is 32.7 Å².